The summed E-state index contributed by atoms with van der Waals surface area (Å²) in [5.74, 6) is 0.0937. The molecule has 0 bridgehead atoms. The highest BCUT2D eigenvalue weighted by Gasteiger charge is 2.22. The monoisotopic (exact) mass is 322 g/mol. The van der Waals surface area contributed by atoms with Crippen molar-refractivity contribution in [1.82, 2.24) is 4.90 Å². The highest BCUT2D eigenvalue weighted by molar-refractivity contribution is 5.89. The molecule has 1 aromatic carbocycles. The van der Waals surface area contributed by atoms with E-state index in [1.807, 2.05) is 0 Å². The van der Waals surface area contributed by atoms with Crippen molar-refractivity contribution in [3.8, 4) is 5.75 Å². The van der Waals surface area contributed by atoms with Gasteiger partial charge in [-0.15, -0.1) is 0 Å². The van der Waals surface area contributed by atoms with E-state index in [0.717, 1.165) is 12.8 Å². The number of nitrogens with one attached hydrogen (secondary N) is 1. The smallest absolute Gasteiger partial charge is 0.343 e. The molecule has 1 fully saturated rings. The fraction of sp³-hybridized carbons (Fsp3) is 0.500. The van der Waals surface area contributed by atoms with Gasteiger partial charge in [0.25, 0.3) is 0 Å². The van der Waals surface area contributed by atoms with E-state index in [1.54, 1.807) is 36.3 Å². The number of likely N-dealkylation sites (tertiary alicyclic amines) is 1. The first kappa shape index (κ1) is 17.1. The number of methoxy groups -OCH3 is 2. The van der Waals surface area contributed by atoms with Gasteiger partial charge in [-0.05, 0) is 37.1 Å². The second-order valence-electron chi connectivity index (χ2n) is 5.24. The van der Waals surface area contributed by atoms with E-state index in [1.165, 1.54) is 7.11 Å². The minimum atomic E-state index is -0.443. The maximum atomic E-state index is 12.2. The lowest BCUT2D eigenvalue weighted by atomic mass is 10.1. The van der Waals surface area contributed by atoms with Crippen molar-refractivity contribution in [2.45, 2.75) is 18.9 Å². The minimum absolute atomic E-state index is 0.122. The number of carbonyl (C=O) groups is 2. The van der Waals surface area contributed by atoms with Crippen LogP contribution in [0, 0.1) is 0 Å². The molecule has 2 amide bonds. The zero-order chi connectivity index (χ0) is 16.7. The molecule has 23 heavy (non-hydrogen) atoms. The van der Waals surface area contributed by atoms with Gasteiger partial charge in [0.15, 0.2) is 6.61 Å². The number of carbonyl (C=O) groups excluding carboxylic acids is 2. The lowest BCUT2D eigenvalue weighted by Crippen LogP contribution is -2.42. The predicted molar refractivity (Wildman–Crippen MR) is 84.6 cm³/mol. The highest BCUT2D eigenvalue weighted by atomic mass is 16.6. The van der Waals surface area contributed by atoms with E-state index in [4.69, 9.17) is 9.47 Å². The van der Waals surface area contributed by atoms with Gasteiger partial charge in [-0.2, -0.15) is 0 Å². The molecule has 0 atom stereocenters. The summed E-state index contributed by atoms with van der Waals surface area (Å²) in [6.45, 7) is 1.23. The Bertz CT molecular complexity index is 524. The number of benzene rings is 1. The molecule has 0 unspecified atom stereocenters. The average Bonchev–Trinajstić information content (AvgIpc) is 2.60. The maximum absolute atomic E-state index is 12.2. The number of urea groups is 1. The zero-order valence-corrected chi connectivity index (χ0v) is 13.4. The topological polar surface area (TPSA) is 77.1 Å². The lowest BCUT2D eigenvalue weighted by molar-refractivity contribution is -0.142. The van der Waals surface area contributed by atoms with E-state index in [9.17, 15) is 9.59 Å². The number of piperidine rings is 1. The molecule has 1 heterocycles. The third-order valence-corrected chi connectivity index (χ3v) is 3.75. The molecule has 1 saturated heterocycles. The quantitative estimate of drug-likeness (QED) is 0.838. The number of rotatable bonds is 5. The molecule has 0 aliphatic carbocycles. The van der Waals surface area contributed by atoms with Gasteiger partial charge < -0.3 is 24.4 Å². The van der Waals surface area contributed by atoms with Crippen molar-refractivity contribution in [2.75, 3.05) is 39.2 Å². The molecule has 1 N–H and O–H groups in total. The van der Waals surface area contributed by atoms with Crippen LogP contribution in [-0.2, 0) is 14.3 Å². The number of hydrogen-bond donors (Lipinski definition) is 1. The Labute approximate surface area is 135 Å². The number of nitrogens with zero attached hydrogens (tertiary/aromatic N) is 1. The van der Waals surface area contributed by atoms with Gasteiger partial charge in [-0.25, -0.2) is 9.59 Å². The zero-order valence-electron chi connectivity index (χ0n) is 13.4. The molecular formula is C16H22N2O5. The first-order valence-electron chi connectivity index (χ1n) is 7.50. The summed E-state index contributed by atoms with van der Waals surface area (Å²) in [5, 5.41) is 2.85. The summed E-state index contributed by atoms with van der Waals surface area (Å²) in [6.07, 6.45) is 1.94. The SMILES string of the molecule is COC(=O)COc1ccc(NC(=O)N2CCC(OC)CC2)cc1. The second kappa shape index (κ2) is 8.38. The largest absolute Gasteiger partial charge is 0.482 e. The van der Waals surface area contributed by atoms with E-state index >= 15 is 0 Å². The van der Waals surface area contributed by atoms with Crippen molar-refractivity contribution in [1.29, 1.82) is 0 Å². The van der Waals surface area contributed by atoms with Gasteiger partial charge in [0.05, 0.1) is 13.2 Å². The van der Waals surface area contributed by atoms with Crippen LogP contribution in [0.1, 0.15) is 12.8 Å². The van der Waals surface area contributed by atoms with Crippen LogP contribution in [0.2, 0.25) is 0 Å². The number of ether oxygens (including phenoxy) is 3. The molecule has 126 valence electrons. The summed E-state index contributed by atoms with van der Waals surface area (Å²) < 4.78 is 15.0. The highest BCUT2D eigenvalue weighted by Crippen LogP contribution is 2.18. The van der Waals surface area contributed by atoms with Gasteiger partial charge in [0, 0.05) is 25.9 Å². The van der Waals surface area contributed by atoms with Crippen molar-refractivity contribution in [2.24, 2.45) is 0 Å². The number of amides is 2. The third-order valence-electron chi connectivity index (χ3n) is 3.75. The fourth-order valence-electron chi connectivity index (χ4n) is 2.33. The predicted octanol–water partition coefficient (Wildman–Crippen LogP) is 1.88. The molecule has 0 saturated carbocycles. The van der Waals surface area contributed by atoms with Crippen molar-refractivity contribution in [3.63, 3.8) is 0 Å². The molecule has 0 radical (unpaired) electrons. The summed E-state index contributed by atoms with van der Waals surface area (Å²) >= 11 is 0. The van der Waals surface area contributed by atoms with Crippen LogP contribution in [-0.4, -0.2) is 56.9 Å². The Morgan fingerprint density at radius 3 is 2.39 bits per heavy atom. The Kier molecular flexibility index (Phi) is 6.22. The summed E-state index contributed by atoms with van der Waals surface area (Å²) in [7, 11) is 3.00. The van der Waals surface area contributed by atoms with Crippen LogP contribution < -0.4 is 10.1 Å². The van der Waals surface area contributed by atoms with Crippen LogP contribution >= 0.6 is 0 Å². The first-order valence-corrected chi connectivity index (χ1v) is 7.50. The van der Waals surface area contributed by atoms with Gasteiger partial charge in [-0.3, -0.25) is 0 Å². The summed E-state index contributed by atoms with van der Waals surface area (Å²) in [4.78, 5) is 25.0. The van der Waals surface area contributed by atoms with Crippen molar-refractivity contribution >= 4 is 17.7 Å². The fourth-order valence-corrected chi connectivity index (χ4v) is 2.33. The normalized spacial score (nSPS) is 15.1. The molecule has 0 spiro atoms. The lowest BCUT2D eigenvalue weighted by Gasteiger charge is -2.31. The van der Waals surface area contributed by atoms with Crippen molar-refractivity contribution in [3.05, 3.63) is 24.3 Å². The Balaban J connectivity index is 1.81. The molecule has 2 rings (SSSR count). The van der Waals surface area contributed by atoms with E-state index in [-0.39, 0.29) is 18.7 Å². The van der Waals surface area contributed by atoms with Gasteiger partial charge in [0.2, 0.25) is 0 Å². The standard InChI is InChI=1S/C16H22N2O5/c1-21-13-7-9-18(10-8-13)16(20)17-12-3-5-14(6-4-12)23-11-15(19)22-2/h3-6,13H,7-11H2,1-2H3,(H,17,20). The second-order valence-corrected chi connectivity index (χ2v) is 5.24. The minimum Gasteiger partial charge on any atom is -0.482 e. The van der Waals surface area contributed by atoms with Gasteiger partial charge in [0.1, 0.15) is 5.75 Å². The third kappa shape index (κ3) is 5.14. The van der Waals surface area contributed by atoms with E-state index < -0.39 is 5.97 Å². The summed E-state index contributed by atoms with van der Waals surface area (Å²) in [6, 6.07) is 6.72. The molecular weight excluding hydrogens is 300 g/mol. The Morgan fingerprint density at radius 1 is 1.17 bits per heavy atom. The van der Waals surface area contributed by atoms with Crippen LogP contribution in [0.15, 0.2) is 24.3 Å². The maximum Gasteiger partial charge on any atom is 0.343 e. The van der Waals surface area contributed by atoms with Crippen LogP contribution in [0.4, 0.5) is 10.5 Å². The number of anilines is 1. The molecule has 1 aliphatic rings. The average molecular weight is 322 g/mol. The first-order chi connectivity index (χ1) is 11.1. The molecule has 0 aromatic heterocycles. The Hall–Kier alpha value is -2.28. The van der Waals surface area contributed by atoms with Crippen LogP contribution in [0.25, 0.3) is 0 Å². The molecule has 1 aliphatic heterocycles. The van der Waals surface area contributed by atoms with E-state index in [0.29, 0.717) is 24.5 Å². The molecule has 7 nitrogen and oxygen atoms in total. The molecule has 1 aromatic rings. The van der Waals surface area contributed by atoms with Gasteiger partial charge in [-0.1, -0.05) is 0 Å². The number of hydrogen-bond acceptors (Lipinski definition) is 5. The summed E-state index contributed by atoms with van der Waals surface area (Å²) in [5.41, 5.74) is 0.675. The number of esters is 1. The van der Waals surface area contributed by atoms with Crippen molar-refractivity contribution < 1.29 is 23.8 Å². The Morgan fingerprint density at radius 2 is 1.83 bits per heavy atom. The van der Waals surface area contributed by atoms with Crippen LogP contribution in [0.3, 0.4) is 0 Å². The van der Waals surface area contributed by atoms with Crippen LogP contribution in [0.5, 0.6) is 5.75 Å². The van der Waals surface area contributed by atoms with E-state index in [2.05, 4.69) is 10.1 Å². The van der Waals surface area contributed by atoms with Gasteiger partial charge >= 0.3 is 12.0 Å². The molecule has 7 heteroatoms.